The van der Waals surface area contributed by atoms with Crippen molar-refractivity contribution in [1.29, 1.82) is 0 Å². The highest BCUT2D eigenvalue weighted by molar-refractivity contribution is 6.29. The van der Waals surface area contributed by atoms with Crippen molar-refractivity contribution in [2.45, 2.75) is 39.2 Å². The molecule has 1 aromatic rings. The maximum Gasteiger partial charge on any atom is 0.151 e. The van der Waals surface area contributed by atoms with Crippen LogP contribution in [0.5, 0.6) is 0 Å². The first-order chi connectivity index (χ1) is 7.66. The molecule has 3 atom stereocenters. The molecular weight excluding hydrogens is 222 g/mol. The van der Waals surface area contributed by atoms with Gasteiger partial charge in [0.15, 0.2) is 5.15 Å². The lowest BCUT2D eigenvalue weighted by atomic mass is 9.78. The molecule has 0 saturated heterocycles. The summed E-state index contributed by atoms with van der Waals surface area (Å²) in [5, 5.41) is 11.8. The van der Waals surface area contributed by atoms with Crippen molar-refractivity contribution < 1.29 is 0 Å². The Morgan fingerprint density at radius 3 is 2.75 bits per heavy atom. The molecule has 2 rings (SSSR count). The number of halogens is 1. The van der Waals surface area contributed by atoms with Crippen LogP contribution in [0.2, 0.25) is 5.15 Å². The van der Waals surface area contributed by atoms with Crippen molar-refractivity contribution >= 4 is 17.4 Å². The molecule has 1 aliphatic carbocycles. The third kappa shape index (κ3) is 2.64. The minimum Gasteiger partial charge on any atom is -0.366 e. The van der Waals surface area contributed by atoms with Gasteiger partial charge in [0.2, 0.25) is 0 Å². The van der Waals surface area contributed by atoms with Crippen molar-refractivity contribution in [2.24, 2.45) is 11.8 Å². The van der Waals surface area contributed by atoms with Crippen LogP contribution in [0.4, 0.5) is 5.82 Å². The SMILES string of the molecule is CC1CCCC(Nc2ccc(Cl)nn2)C1C. The molecule has 16 heavy (non-hydrogen) atoms. The van der Waals surface area contributed by atoms with Crippen LogP contribution in [0, 0.1) is 11.8 Å². The molecule has 4 heteroatoms. The summed E-state index contributed by atoms with van der Waals surface area (Å²) in [4.78, 5) is 0. The van der Waals surface area contributed by atoms with Gasteiger partial charge in [0.1, 0.15) is 5.82 Å². The van der Waals surface area contributed by atoms with E-state index >= 15 is 0 Å². The predicted molar refractivity (Wildman–Crippen MR) is 66.6 cm³/mol. The zero-order chi connectivity index (χ0) is 11.5. The van der Waals surface area contributed by atoms with E-state index in [4.69, 9.17) is 11.6 Å². The molecule has 0 amide bonds. The van der Waals surface area contributed by atoms with Gasteiger partial charge < -0.3 is 5.32 Å². The van der Waals surface area contributed by atoms with Crippen molar-refractivity contribution in [3.63, 3.8) is 0 Å². The zero-order valence-electron chi connectivity index (χ0n) is 9.78. The normalized spacial score (nSPS) is 30.1. The Balaban J connectivity index is 2.00. The summed E-state index contributed by atoms with van der Waals surface area (Å²) in [6, 6.07) is 4.18. The molecule has 0 aliphatic heterocycles. The molecule has 1 saturated carbocycles. The summed E-state index contributed by atoms with van der Waals surface area (Å²) in [5.74, 6) is 2.30. The first-order valence-electron chi connectivity index (χ1n) is 5.92. The Morgan fingerprint density at radius 2 is 2.06 bits per heavy atom. The third-order valence-electron chi connectivity index (χ3n) is 3.67. The molecule has 0 spiro atoms. The molecule has 1 aliphatic rings. The van der Waals surface area contributed by atoms with Crippen LogP contribution in [-0.4, -0.2) is 16.2 Å². The first-order valence-corrected chi connectivity index (χ1v) is 6.30. The average molecular weight is 240 g/mol. The molecule has 1 heterocycles. The van der Waals surface area contributed by atoms with Crippen LogP contribution in [0.15, 0.2) is 12.1 Å². The summed E-state index contributed by atoms with van der Waals surface area (Å²) in [7, 11) is 0. The molecule has 1 fully saturated rings. The monoisotopic (exact) mass is 239 g/mol. The zero-order valence-corrected chi connectivity index (χ0v) is 10.5. The summed E-state index contributed by atoms with van der Waals surface area (Å²) < 4.78 is 0. The number of hydrogen-bond donors (Lipinski definition) is 1. The molecule has 3 nitrogen and oxygen atoms in total. The molecule has 88 valence electrons. The highest BCUT2D eigenvalue weighted by atomic mass is 35.5. The number of nitrogens with zero attached hydrogens (tertiary/aromatic N) is 2. The fraction of sp³-hybridized carbons (Fsp3) is 0.667. The van der Waals surface area contributed by atoms with Gasteiger partial charge in [0.05, 0.1) is 0 Å². The molecule has 1 aromatic heterocycles. The number of nitrogens with one attached hydrogen (secondary N) is 1. The summed E-state index contributed by atoms with van der Waals surface area (Å²) in [6.07, 6.45) is 3.85. The minimum atomic E-state index is 0.440. The molecule has 0 aromatic carbocycles. The Labute approximate surface area is 102 Å². The van der Waals surface area contributed by atoms with Crippen LogP contribution in [-0.2, 0) is 0 Å². The lowest BCUT2D eigenvalue weighted by Crippen LogP contribution is -2.35. The number of aromatic nitrogens is 2. The van der Waals surface area contributed by atoms with E-state index in [9.17, 15) is 0 Å². The van der Waals surface area contributed by atoms with E-state index in [0.29, 0.717) is 17.1 Å². The van der Waals surface area contributed by atoms with Crippen LogP contribution in [0.25, 0.3) is 0 Å². The van der Waals surface area contributed by atoms with Gasteiger partial charge in [0.25, 0.3) is 0 Å². The molecule has 0 bridgehead atoms. The second-order valence-electron chi connectivity index (χ2n) is 4.76. The Bertz CT molecular complexity index is 339. The van der Waals surface area contributed by atoms with Gasteiger partial charge >= 0.3 is 0 Å². The average Bonchev–Trinajstić information content (AvgIpc) is 2.28. The van der Waals surface area contributed by atoms with Crippen molar-refractivity contribution in [3.8, 4) is 0 Å². The molecule has 0 radical (unpaired) electrons. The van der Waals surface area contributed by atoms with Crippen LogP contribution >= 0.6 is 11.6 Å². The van der Waals surface area contributed by atoms with Crippen LogP contribution in [0.3, 0.4) is 0 Å². The van der Waals surface area contributed by atoms with Gasteiger partial charge in [-0.05, 0) is 30.4 Å². The highest BCUT2D eigenvalue weighted by Crippen LogP contribution is 2.31. The summed E-state index contributed by atoms with van der Waals surface area (Å²) >= 11 is 5.70. The van der Waals surface area contributed by atoms with E-state index in [0.717, 1.165) is 11.7 Å². The predicted octanol–water partition coefficient (Wildman–Crippen LogP) is 3.37. The fourth-order valence-electron chi connectivity index (χ4n) is 2.37. The van der Waals surface area contributed by atoms with Crippen LogP contribution in [0.1, 0.15) is 33.1 Å². The second kappa shape index (κ2) is 5.00. The topological polar surface area (TPSA) is 37.8 Å². The number of hydrogen-bond acceptors (Lipinski definition) is 3. The maximum atomic E-state index is 5.70. The lowest BCUT2D eigenvalue weighted by Gasteiger charge is -2.34. The Hall–Kier alpha value is -0.830. The molecule has 3 unspecified atom stereocenters. The maximum absolute atomic E-state index is 5.70. The third-order valence-corrected chi connectivity index (χ3v) is 3.87. The van der Waals surface area contributed by atoms with E-state index < -0.39 is 0 Å². The Morgan fingerprint density at radius 1 is 1.25 bits per heavy atom. The minimum absolute atomic E-state index is 0.440. The number of rotatable bonds is 2. The molecular formula is C12H18ClN3. The van der Waals surface area contributed by atoms with Gasteiger partial charge in [-0.1, -0.05) is 38.3 Å². The highest BCUT2D eigenvalue weighted by Gasteiger charge is 2.27. The lowest BCUT2D eigenvalue weighted by molar-refractivity contribution is 0.253. The van der Waals surface area contributed by atoms with E-state index in [1.165, 1.54) is 19.3 Å². The van der Waals surface area contributed by atoms with Gasteiger partial charge in [-0.25, -0.2) is 0 Å². The van der Waals surface area contributed by atoms with Gasteiger partial charge in [0, 0.05) is 6.04 Å². The van der Waals surface area contributed by atoms with Crippen molar-refractivity contribution in [3.05, 3.63) is 17.3 Å². The van der Waals surface area contributed by atoms with Gasteiger partial charge in [-0.2, -0.15) is 0 Å². The summed E-state index contributed by atoms with van der Waals surface area (Å²) in [5.41, 5.74) is 0. The van der Waals surface area contributed by atoms with Crippen molar-refractivity contribution in [1.82, 2.24) is 10.2 Å². The van der Waals surface area contributed by atoms with E-state index in [1.54, 1.807) is 6.07 Å². The van der Waals surface area contributed by atoms with E-state index in [-0.39, 0.29) is 0 Å². The van der Waals surface area contributed by atoms with E-state index in [1.807, 2.05) is 6.07 Å². The fourth-order valence-corrected chi connectivity index (χ4v) is 2.47. The van der Waals surface area contributed by atoms with Crippen molar-refractivity contribution in [2.75, 3.05) is 5.32 Å². The smallest absolute Gasteiger partial charge is 0.151 e. The largest absolute Gasteiger partial charge is 0.366 e. The van der Waals surface area contributed by atoms with Gasteiger partial charge in [-0.15, -0.1) is 10.2 Å². The first kappa shape index (κ1) is 11.6. The molecule has 1 N–H and O–H groups in total. The quantitative estimate of drug-likeness (QED) is 0.860. The summed E-state index contributed by atoms with van der Waals surface area (Å²) in [6.45, 7) is 4.64. The van der Waals surface area contributed by atoms with Gasteiger partial charge in [-0.3, -0.25) is 0 Å². The van der Waals surface area contributed by atoms with Crippen LogP contribution < -0.4 is 5.32 Å². The van der Waals surface area contributed by atoms with E-state index in [2.05, 4.69) is 29.4 Å². The Kier molecular flexibility index (Phi) is 3.64. The standard InChI is InChI=1S/C12H18ClN3/c1-8-4-3-5-10(9(8)2)14-12-7-6-11(13)15-16-12/h6-10H,3-5H2,1-2H3,(H,14,16). The number of anilines is 1. The second-order valence-corrected chi connectivity index (χ2v) is 5.15.